The van der Waals surface area contributed by atoms with Crippen molar-refractivity contribution < 1.29 is 23.1 Å². The van der Waals surface area contributed by atoms with Gasteiger partial charge in [0.2, 0.25) is 0 Å². The topological polar surface area (TPSA) is 49.3 Å². The fourth-order valence-corrected chi connectivity index (χ4v) is 1.53. The second-order valence-electron chi connectivity index (χ2n) is 4.02. The van der Waals surface area contributed by atoms with E-state index in [0.717, 1.165) is 6.07 Å². The van der Waals surface area contributed by atoms with Crippen molar-refractivity contribution in [1.29, 1.82) is 0 Å². The zero-order valence-electron chi connectivity index (χ0n) is 9.79. The highest BCUT2D eigenvalue weighted by Crippen LogP contribution is 2.34. The maximum Gasteiger partial charge on any atom is 0.418 e. The van der Waals surface area contributed by atoms with Gasteiger partial charge in [-0.1, -0.05) is 12.1 Å². The normalized spacial score (nSPS) is 13.1. The van der Waals surface area contributed by atoms with Crippen LogP contribution in [0.1, 0.15) is 25.3 Å². The molecular formula is C12H14F3NO2. The van der Waals surface area contributed by atoms with Crippen LogP contribution in [0.5, 0.6) is 0 Å². The summed E-state index contributed by atoms with van der Waals surface area (Å²) in [6.45, 7) is 1.65. The molecule has 1 atom stereocenters. The quantitative estimate of drug-likeness (QED) is 0.854. The highest BCUT2D eigenvalue weighted by molar-refractivity contribution is 5.66. The number of anilines is 1. The number of nitrogens with one attached hydrogen (secondary N) is 1. The average molecular weight is 261 g/mol. The molecule has 0 fully saturated rings. The highest BCUT2D eigenvalue weighted by Gasteiger charge is 2.33. The third kappa shape index (κ3) is 4.27. The van der Waals surface area contributed by atoms with E-state index in [-0.39, 0.29) is 24.6 Å². The molecule has 0 aliphatic carbocycles. The number of benzene rings is 1. The number of carboxylic acids is 1. The van der Waals surface area contributed by atoms with Gasteiger partial charge in [-0.3, -0.25) is 4.79 Å². The van der Waals surface area contributed by atoms with Crippen LogP contribution in [0.3, 0.4) is 0 Å². The minimum absolute atomic E-state index is 0.0251. The Bertz CT molecular complexity index is 418. The van der Waals surface area contributed by atoms with Gasteiger partial charge in [0.25, 0.3) is 0 Å². The molecule has 2 N–H and O–H groups in total. The minimum atomic E-state index is -4.42. The fraction of sp³-hybridized carbons (Fsp3) is 0.417. The zero-order valence-corrected chi connectivity index (χ0v) is 9.79. The van der Waals surface area contributed by atoms with E-state index in [9.17, 15) is 18.0 Å². The molecule has 0 amide bonds. The molecule has 1 rings (SSSR count). The van der Waals surface area contributed by atoms with Crippen molar-refractivity contribution in [2.24, 2.45) is 0 Å². The molecular weight excluding hydrogens is 247 g/mol. The number of para-hydroxylation sites is 1. The van der Waals surface area contributed by atoms with Crippen LogP contribution in [0, 0.1) is 0 Å². The van der Waals surface area contributed by atoms with Gasteiger partial charge >= 0.3 is 12.1 Å². The first-order valence-corrected chi connectivity index (χ1v) is 5.45. The van der Waals surface area contributed by atoms with Crippen molar-refractivity contribution >= 4 is 11.7 Å². The number of carboxylic acid groups (broad SMARTS) is 1. The second kappa shape index (κ2) is 5.75. The Balaban J connectivity index is 2.75. The lowest BCUT2D eigenvalue weighted by atomic mass is 10.1. The van der Waals surface area contributed by atoms with Gasteiger partial charge in [0.1, 0.15) is 0 Å². The summed E-state index contributed by atoms with van der Waals surface area (Å²) < 4.78 is 38.0. The van der Waals surface area contributed by atoms with E-state index >= 15 is 0 Å². The number of rotatable bonds is 5. The van der Waals surface area contributed by atoms with Gasteiger partial charge in [0.05, 0.1) is 5.56 Å². The molecule has 0 bridgehead atoms. The SMILES string of the molecule is CC(CCC(=O)O)Nc1ccccc1C(F)(F)F. The van der Waals surface area contributed by atoms with Gasteiger partial charge < -0.3 is 10.4 Å². The highest BCUT2D eigenvalue weighted by atomic mass is 19.4. The number of hydrogen-bond acceptors (Lipinski definition) is 2. The Morgan fingerprint density at radius 2 is 2.00 bits per heavy atom. The standard InChI is InChI=1S/C12H14F3NO2/c1-8(6-7-11(17)18)16-10-5-3-2-4-9(10)12(13,14)15/h2-5,8,16H,6-7H2,1H3,(H,17,18). The van der Waals surface area contributed by atoms with Crippen LogP contribution >= 0.6 is 0 Å². The number of aliphatic carboxylic acids is 1. The molecule has 6 heteroatoms. The summed E-state index contributed by atoms with van der Waals surface area (Å²) in [4.78, 5) is 10.4. The lowest BCUT2D eigenvalue weighted by Crippen LogP contribution is -2.19. The van der Waals surface area contributed by atoms with Crippen LogP contribution in [0.25, 0.3) is 0 Å². The van der Waals surface area contributed by atoms with Crippen molar-refractivity contribution in [3.63, 3.8) is 0 Å². The van der Waals surface area contributed by atoms with Crippen molar-refractivity contribution in [3.8, 4) is 0 Å². The molecule has 0 saturated heterocycles. The van der Waals surface area contributed by atoms with Crippen LogP contribution in [0.15, 0.2) is 24.3 Å². The van der Waals surface area contributed by atoms with Crippen LogP contribution in [0.2, 0.25) is 0 Å². The van der Waals surface area contributed by atoms with Crippen molar-refractivity contribution in [2.75, 3.05) is 5.32 Å². The van der Waals surface area contributed by atoms with Crippen LogP contribution < -0.4 is 5.32 Å². The summed E-state index contributed by atoms with van der Waals surface area (Å²) in [6.07, 6.45) is -4.24. The fourth-order valence-electron chi connectivity index (χ4n) is 1.53. The molecule has 0 saturated carbocycles. The van der Waals surface area contributed by atoms with E-state index in [1.165, 1.54) is 18.2 Å². The van der Waals surface area contributed by atoms with E-state index < -0.39 is 17.7 Å². The Morgan fingerprint density at radius 3 is 2.56 bits per heavy atom. The van der Waals surface area contributed by atoms with Crippen molar-refractivity contribution in [2.45, 2.75) is 32.0 Å². The number of halogens is 3. The lowest BCUT2D eigenvalue weighted by molar-refractivity contribution is -0.138. The number of carbonyl (C=O) groups is 1. The summed E-state index contributed by atoms with van der Waals surface area (Å²) in [5.74, 6) is -0.965. The lowest BCUT2D eigenvalue weighted by Gasteiger charge is -2.18. The molecule has 1 aromatic carbocycles. The molecule has 0 radical (unpaired) electrons. The Labute approximate surface area is 103 Å². The molecule has 1 unspecified atom stereocenters. The van der Waals surface area contributed by atoms with Gasteiger partial charge in [-0.05, 0) is 25.5 Å². The van der Waals surface area contributed by atoms with E-state index in [4.69, 9.17) is 5.11 Å². The minimum Gasteiger partial charge on any atom is -0.481 e. The molecule has 0 aliphatic rings. The van der Waals surface area contributed by atoms with Crippen LogP contribution in [-0.2, 0) is 11.0 Å². The Kier molecular flexibility index (Phi) is 4.58. The maximum absolute atomic E-state index is 12.7. The predicted octanol–water partition coefficient (Wildman–Crippen LogP) is 3.37. The first-order chi connectivity index (χ1) is 8.30. The second-order valence-corrected chi connectivity index (χ2v) is 4.02. The summed E-state index contributed by atoms with van der Waals surface area (Å²) in [5, 5.41) is 11.2. The largest absolute Gasteiger partial charge is 0.481 e. The van der Waals surface area contributed by atoms with Gasteiger partial charge in [-0.2, -0.15) is 13.2 Å². The van der Waals surface area contributed by atoms with E-state index in [0.29, 0.717) is 0 Å². The predicted molar refractivity (Wildman–Crippen MR) is 61.4 cm³/mol. The van der Waals surface area contributed by atoms with Gasteiger partial charge in [-0.25, -0.2) is 0 Å². The first-order valence-electron chi connectivity index (χ1n) is 5.45. The van der Waals surface area contributed by atoms with E-state index in [1.54, 1.807) is 6.92 Å². The summed E-state index contributed by atoms with van der Waals surface area (Å²) in [6, 6.07) is 4.80. The Hall–Kier alpha value is -1.72. The van der Waals surface area contributed by atoms with Gasteiger partial charge in [0.15, 0.2) is 0 Å². The first kappa shape index (κ1) is 14.3. The van der Waals surface area contributed by atoms with Crippen LogP contribution in [-0.4, -0.2) is 17.1 Å². The van der Waals surface area contributed by atoms with Crippen molar-refractivity contribution in [1.82, 2.24) is 0 Å². The molecule has 1 aromatic rings. The molecule has 100 valence electrons. The third-order valence-electron chi connectivity index (χ3n) is 2.43. The Morgan fingerprint density at radius 1 is 1.39 bits per heavy atom. The molecule has 3 nitrogen and oxygen atoms in total. The number of alkyl halides is 3. The smallest absolute Gasteiger partial charge is 0.418 e. The zero-order chi connectivity index (χ0) is 13.8. The molecule has 0 aliphatic heterocycles. The van der Waals surface area contributed by atoms with Gasteiger partial charge in [-0.15, -0.1) is 0 Å². The molecule has 0 heterocycles. The summed E-state index contributed by atoms with van der Waals surface area (Å²) >= 11 is 0. The molecule has 0 spiro atoms. The molecule has 18 heavy (non-hydrogen) atoms. The van der Waals surface area contributed by atoms with Crippen LogP contribution in [0.4, 0.5) is 18.9 Å². The van der Waals surface area contributed by atoms with Crippen molar-refractivity contribution in [3.05, 3.63) is 29.8 Å². The summed E-state index contributed by atoms with van der Waals surface area (Å²) in [7, 11) is 0. The van der Waals surface area contributed by atoms with E-state index in [1.807, 2.05) is 0 Å². The monoisotopic (exact) mass is 261 g/mol. The molecule has 0 aromatic heterocycles. The van der Waals surface area contributed by atoms with E-state index in [2.05, 4.69) is 5.32 Å². The van der Waals surface area contributed by atoms with Gasteiger partial charge in [0, 0.05) is 18.2 Å². The maximum atomic E-state index is 12.7. The average Bonchev–Trinajstić information content (AvgIpc) is 2.25. The summed E-state index contributed by atoms with van der Waals surface area (Å²) in [5.41, 5.74) is -0.768. The number of hydrogen-bond donors (Lipinski definition) is 2. The third-order valence-corrected chi connectivity index (χ3v) is 2.43.